The number of thiocarbonyl (C=S) groups is 1. The molecule has 0 aliphatic heterocycles. The fraction of sp³-hybridized carbons (Fsp3) is 0.231. The molecule has 0 fully saturated rings. The van der Waals surface area contributed by atoms with Crippen molar-refractivity contribution in [1.82, 2.24) is 9.78 Å². The Morgan fingerprint density at radius 2 is 2.26 bits per heavy atom. The van der Waals surface area contributed by atoms with Crippen molar-refractivity contribution in [3.63, 3.8) is 0 Å². The number of nitrogens with one attached hydrogen (secondary N) is 1. The Hall–Kier alpha value is -1.95. The van der Waals surface area contributed by atoms with Gasteiger partial charge in [-0.1, -0.05) is 18.3 Å². The normalized spacial score (nSPS) is 10.5. The van der Waals surface area contributed by atoms with Gasteiger partial charge >= 0.3 is 0 Å². The van der Waals surface area contributed by atoms with Crippen molar-refractivity contribution in [2.45, 2.75) is 13.5 Å². The maximum absolute atomic E-state index is 13.7. The molecule has 6 heteroatoms. The first-order valence-corrected chi connectivity index (χ1v) is 6.21. The lowest BCUT2D eigenvalue weighted by Gasteiger charge is -2.11. The predicted molar refractivity (Wildman–Crippen MR) is 77.6 cm³/mol. The first kappa shape index (κ1) is 13.5. The number of benzene rings is 1. The molecule has 4 nitrogen and oxygen atoms in total. The average molecular weight is 278 g/mol. The van der Waals surface area contributed by atoms with E-state index in [4.69, 9.17) is 18.0 Å². The van der Waals surface area contributed by atoms with Crippen LogP contribution in [0.25, 0.3) is 0 Å². The van der Waals surface area contributed by atoms with Crippen LogP contribution in [0, 0.1) is 12.7 Å². The molecule has 1 heterocycles. The van der Waals surface area contributed by atoms with Gasteiger partial charge in [-0.2, -0.15) is 5.10 Å². The van der Waals surface area contributed by atoms with E-state index in [0.717, 1.165) is 11.3 Å². The second kappa shape index (κ2) is 5.36. The van der Waals surface area contributed by atoms with Crippen LogP contribution in [0.1, 0.15) is 16.8 Å². The van der Waals surface area contributed by atoms with Crippen LogP contribution in [-0.2, 0) is 13.6 Å². The van der Waals surface area contributed by atoms with Gasteiger partial charge in [0.2, 0.25) is 0 Å². The number of nitrogens with two attached hydrogens (primary N) is 1. The van der Waals surface area contributed by atoms with Gasteiger partial charge in [-0.15, -0.1) is 0 Å². The molecular formula is C13H15FN4S. The quantitative estimate of drug-likeness (QED) is 0.841. The Morgan fingerprint density at radius 3 is 2.84 bits per heavy atom. The van der Waals surface area contributed by atoms with E-state index in [1.54, 1.807) is 23.0 Å². The molecule has 0 bridgehead atoms. The van der Waals surface area contributed by atoms with Gasteiger partial charge in [-0.25, -0.2) is 4.39 Å². The highest BCUT2D eigenvalue weighted by Crippen LogP contribution is 2.20. The highest BCUT2D eigenvalue weighted by molar-refractivity contribution is 7.80. The van der Waals surface area contributed by atoms with E-state index >= 15 is 0 Å². The number of nitrogens with zero attached hydrogens (tertiary/aromatic N) is 2. The number of aryl methyl sites for hydroxylation is 1. The number of hydrogen-bond acceptors (Lipinski definition) is 3. The predicted octanol–water partition coefficient (Wildman–Crippen LogP) is 2.11. The molecule has 0 saturated heterocycles. The average Bonchev–Trinajstić information content (AvgIpc) is 2.67. The zero-order chi connectivity index (χ0) is 14.0. The second-order valence-electron chi connectivity index (χ2n) is 4.26. The summed E-state index contributed by atoms with van der Waals surface area (Å²) in [4.78, 5) is 0.0449. The summed E-state index contributed by atoms with van der Waals surface area (Å²) in [7, 11) is 1.88. The maximum atomic E-state index is 13.7. The van der Waals surface area contributed by atoms with E-state index < -0.39 is 5.82 Å². The minimum atomic E-state index is -0.416. The van der Waals surface area contributed by atoms with Crippen LogP contribution in [0.5, 0.6) is 0 Å². The Labute approximate surface area is 116 Å². The van der Waals surface area contributed by atoms with Gasteiger partial charge in [0.15, 0.2) is 0 Å². The fourth-order valence-electron chi connectivity index (χ4n) is 1.83. The summed E-state index contributed by atoms with van der Waals surface area (Å²) in [5.41, 5.74) is 8.49. The van der Waals surface area contributed by atoms with Crippen LogP contribution in [0.2, 0.25) is 0 Å². The zero-order valence-corrected chi connectivity index (χ0v) is 11.6. The van der Waals surface area contributed by atoms with Crippen LogP contribution in [0.15, 0.2) is 24.4 Å². The van der Waals surface area contributed by atoms with Gasteiger partial charge in [0.25, 0.3) is 0 Å². The Bertz CT molecular complexity index is 621. The van der Waals surface area contributed by atoms with E-state index in [0.29, 0.717) is 12.2 Å². The lowest BCUT2D eigenvalue weighted by molar-refractivity contribution is 0.626. The van der Waals surface area contributed by atoms with Gasteiger partial charge in [-0.3, -0.25) is 4.68 Å². The van der Waals surface area contributed by atoms with Crippen LogP contribution in [0.4, 0.5) is 10.1 Å². The van der Waals surface area contributed by atoms with E-state index in [9.17, 15) is 4.39 Å². The maximum Gasteiger partial charge on any atom is 0.135 e. The molecular weight excluding hydrogens is 263 g/mol. The molecule has 0 aliphatic carbocycles. The van der Waals surface area contributed by atoms with Crippen molar-refractivity contribution in [3.05, 3.63) is 47.0 Å². The van der Waals surface area contributed by atoms with E-state index in [-0.39, 0.29) is 10.6 Å². The molecule has 19 heavy (non-hydrogen) atoms. The van der Waals surface area contributed by atoms with Gasteiger partial charge in [-0.05, 0) is 19.1 Å². The molecule has 0 atom stereocenters. The summed E-state index contributed by atoms with van der Waals surface area (Å²) in [5.74, 6) is -0.416. The van der Waals surface area contributed by atoms with E-state index in [1.807, 2.05) is 14.0 Å². The molecule has 0 saturated carbocycles. The number of hydrogen-bond donors (Lipinski definition) is 2. The third-order valence-corrected chi connectivity index (χ3v) is 3.27. The molecule has 100 valence electrons. The number of anilines is 1. The molecule has 3 N–H and O–H groups in total. The minimum absolute atomic E-state index is 0.0449. The standard InChI is InChI=1S/C13H15FN4S/c1-8-9(7-17-18(8)2)6-16-11-5-3-4-10(14)12(11)13(15)19/h3-5,7,16H,6H2,1-2H3,(H2,15,19). The lowest BCUT2D eigenvalue weighted by Crippen LogP contribution is -2.15. The monoisotopic (exact) mass is 278 g/mol. The molecule has 1 aromatic carbocycles. The van der Waals surface area contributed by atoms with Crippen LogP contribution in [-0.4, -0.2) is 14.8 Å². The molecule has 0 radical (unpaired) electrons. The van der Waals surface area contributed by atoms with Crippen LogP contribution in [0.3, 0.4) is 0 Å². The zero-order valence-electron chi connectivity index (χ0n) is 10.8. The molecule has 0 aliphatic rings. The summed E-state index contributed by atoms with van der Waals surface area (Å²) >= 11 is 4.88. The number of rotatable bonds is 4. The third kappa shape index (κ3) is 2.73. The molecule has 2 rings (SSSR count). The summed E-state index contributed by atoms with van der Waals surface area (Å²) < 4.78 is 15.5. The summed E-state index contributed by atoms with van der Waals surface area (Å²) in [6.45, 7) is 2.52. The first-order valence-electron chi connectivity index (χ1n) is 5.80. The highest BCUT2D eigenvalue weighted by Gasteiger charge is 2.11. The van der Waals surface area contributed by atoms with E-state index in [1.165, 1.54) is 6.07 Å². The molecule has 2 aromatic rings. The smallest absolute Gasteiger partial charge is 0.135 e. The number of halogens is 1. The molecule has 0 spiro atoms. The summed E-state index contributed by atoms with van der Waals surface area (Å²) in [5, 5.41) is 7.30. The van der Waals surface area contributed by atoms with Crippen LogP contribution >= 0.6 is 12.2 Å². The molecule has 0 unspecified atom stereocenters. The molecule has 1 aromatic heterocycles. The SMILES string of the molecule is Cc1c(CNc2cccc(F)c2C(N)=S)cnn1C. The first-order chi connectivity index (χ1) is 9.00. The van der Waals surface area contributed by atoms with Crippen molar-refractivity contribution in [3.8, 4) is 0 Å². The largest absolute Gasteiger partial charge is 0.389 e. The van der Waals surface area contributed by atoms with Crippen molar-refractivity contribution in [2.24, 2.45) is 12.8 Å². The van der Waals surface area contributed by atoms with Crippen molar-refractivity contribution in [1.29, 1.82) is 0 Å². The van der Waals surface area contributed by atoms with E-state index in [2.05, 4.69) is 10.4 Å². The van der Waals surface area contributed by atoms with Crippen LogP contribution < -0.4 is 11.1 Å². The third-order valence-electron chi connectivity index (χ3n) is 3.07. The fourth-order valence-corrected chi connectivity index (χ4v) is 2.04. The summed E-state index contributed by atoms with van der Waals surface area (Å²) in [6, 6.07) is 4.72. The Kier molecular flexibility index (Phi) is 3.80. The van der Waals surface area contributed by atoms with Gasteiger partial charge < -0.3 is 11.1 Å². The Morgan fingerprint density at radius 1 is 1.53 bits per heavy atom. The summed E-state index contributed by atoms with van der Waals surface area (Å²) in [6.07, 6.45) is 1.78. The van der Waals surface area contributed by atoms with Crippen molar-refractivity contribution < 1.29 is 4.39 Å². The highest BCUT2D eigenvalue weighted by atomic mass is 32.1. The minimum Gasteiger partial charge on any atom is -0.389 e. The molecule has 0 amide bonds. The number of aromatic nitrogens is 2. The van der Waals surface area contributed by atoms with Gasteiger partial charge in [0.1, 0.15) is 10.8 Å². The van der Waals surface area contributed by atoms with Gasteiger partial charge in [0, 0.05) is 30.5 Å². The van der Waals surface area contributed by atoms with Gasteiger partial charge in [0.05, 0.1) is 11.8 Å². The van der Waals surface area contributed by atoms with Crippen molar-refractivity contribution in [2.75, 3.05) is 5.32 Å². The topological polar surface area (TPSA) is 55.9 Å². The lowest BCUT2D eigenvalue weighted by atomic mass is 10.1. The second-order valence-corrected chi connectivity index (χ2v) is 4.70. The Balaban J connectivity index is 2.23. The van der Waals surface area contributed by atoms with Crippen molar-refractivity contribution >= 4 is 22.9 Å².